The second-order valence-corrected chi connectivity index (χ2v) is 19.6. The molecule has 2 unspecified atom stereocenters. The Kier molecular flexibility index (Phi) is 52.6. The lowest BCUT2D eigenvalue weighted by molar-refractivity contribution is -0.143. The monoisotopic (exact) mass is 902 g/mol. The van der Waals surface area contributed by atoms with Gasteiger partial charge in [0.25, 0.3) is 0 Å². The summed E-state index contributed by atoms with van der Waals surface area (Å²) in [7, 11) is 0. The molecule has 0 aromatic heterocycles. The lowest BCUT2D eigenvalue weighted by Crippen LogP contribution is -2.45. The van der Waals surface area contributed by atoms with Gasteiger partial charge in [0.15, 0.2) is 0 Å². The molecular weight excluding hydrogens is 791 g/mol. The van der Waals surface area contributed by atoms with Crippen LogP contribution in [0.1, 0.15) is 309 Å². The zero-order chi connectivity index (χ0) is 46.5. The maximum atomic E-state index is 12.4. The first kappa shape index (κ1) is 62.3. The molecule has 0 saturated heterocycles. The van der Waals surface area contributed by atoms with Crippen LogP contribution in [0.4, 0.5) is 0 Å². The predicted octanol–water partition coefficient (Wildman–Crippen LogP) is 17.5. The molecule has 1 amide bonds. The quantitative estimate of drug-likeness (QED) is 0.0321. The van der Waals surface area contributed by atoms with E-state index in [1.54, 1.807) is 6.08 Å². The number of amides is 1. The normalized spacial score (nSPS) is 12.8. The van der Waals surface area contributed by atoms with Crippen LogP contribution in [0.3, 0.4) is 0 Å². The molecule has 0 aromatic rings. The van der Waals surface area contributed by atoms with Crippen molar-refractivity contribution in [2.75, 3.05) is 13.2 Å². The Labute approximate surface area is 399 Å². The minimum Gasteiger partial charge on any atom is -0.466 e. The largest absolute Gasteiger partial charge is 0.466 e. The van der Waals surface area contributed by atoms with Crippen LogP contribution in [0.15, 0.2) is 24.3 Å². The van der Waals surface area contributed by atoms with Crippen LogP contribution in [-0.4, -0.2) is 47.4 Å². The van der Waals surface area contributed by atoms with Gasteiger partial charge in [-0.1, -0.05) is 263 Å². The highest BCUT2D eigenvalue weighted by atomic mass is 16.5. The van der Waals surface area contributed by atoms with Crippen LogP contribution < -0.4 is 5.32 Å². The fraction of sp³-hybridized carbons (Fsp3) is 0.897. The number of hydrogen-bond acceptors (Lipinski definition) is 5. The molecule has 0 bridgehead atoms. The third-order valence-corrected chi connectivity index (χ3v) is 13.2. The maximum absolute atomic E-state index is 12.4. The van der Waals surface area contributed by atoms with E-state index >= 15 is 0 Å². The first-order valence-electron chi connectivity index (χ1n) is 28.6. The van der Waals surface area contributed by atoms with Crippen molar-refractivity contribution < 1.29 is 24.5 Å². The molecule has 6 nitrogen and oxygen atoms in total. The average Bonchev–Trinajstić information content (AvgIpc) is 3.29. The number of carbonyl (C=O) groups excluding carboxylic acids is 2. The number of allylic oxidation sites excluding steroid dienone is 3. The standard InChI is InChI=1S/C58H111NO5/c1-3-5-7-9-11-13-14-15-16-22-26-29-32-36-40-44-48-52-58(63)64-53-49-45-41-37-33-30-27-24-21-19-17-18-20-23-25-28-31-35-39-43-47-51-57(62)59-55(54-60)56(61)50-46-42-38-34-12-10-8-6-4-2/h18,20,46,50,55-56,60-61H,3-17,19,21-45,47-49,51-54H2,1-2H3,(H,59,62)/b20-18-,50-46+. The van der Waals surface area contributed by atoms with Crippen molar-refractivity contribution >= 4 is 11.9 Å². The molecule has 0 aliphatic carbocycles. The Morgan fingerprint density at radius 3 is 1.11 bits per heavy atom. The van der Waals surface area contributed by atoms with E-state index in [0.717, 1.165) is 44.9 Å². The van der Waals surface area contributed by atoms with Crippen LogP contribution in [0.25, 0.3) is 0 Å². The predicted molar refractivity (Wildman–Crippen MR) is 278 cm³/mol. The minimum atomic E-state index is -0.846. The first-order chi connectivity index (χ1) is 31.5. The highest BCUT2D eigenvalue weighted by molar-refractivity contribution is 5.76. The summed E-state index contributed by atoms with van der Waals surface area (Å²) in [5.74, 6) is -0.0668. The van der Waals surface area contributed by atoms with Crippen LogP contribution in [0.5, 0.6) is 0 Å². The van der Waals surface area contributed by atoms with Gasteiger partial charge >= 0.3 is 5.97 Å². The van der Waals surface area contributed by atoms with E-state index in [0.29, 0.717) is 19.4 Å². The van der Waals surface area contributed by atoms with Crippen LogP contribution in [-0.2, 0) is 14.3 Å². The zero-order valence-corrected chi connectivity index (χ0v) is 43.0. The molecule has 0 aromatic carbocycles. The first-order valence-corrected chi connectivity index (χ1v) is 28.6. The number of nitrogens with one attached hydrogen (secondary N) is 1. The number of esters is 1. The number of unbranched alkanes of at least 4 members (excludes halogenated alkanes) is 40. The van der Waals surface area contributed by atoms with E-state index in [1.807, 2.05) is 6.08 Å². The number of carbonyl (C=O) groups is 2. The smallest absolute Gasteiger partial charge is 0.305 e. The number of aliphatic hydroxyl groups is 2. The molecule has 0 aliphatic rings. The van der Waals surface area contributed by atoms with Crippen molar-refractivity contribution in [3.8, 4) is 0 Å². The molecule has 0 fully saturated rings. The summed E-state index contributed by atoms with van der Waals surface area (Å²) < 4.78 is 5.49. The third-order valence-electron chi connectivity index (χ3n) is 13.2. The number of aliphatic hydroxyl groups excluding tert-OH is 2. The van der Waals surface area contributed by atoms with E-state index in [-0.39, 0.29) is 18.5 Å². The van der Waals surface area contributed by atoms with Crippen LogP contribution >= 0.6 is 0 Å². The molecule has 2 atom stereocenters. The molecular formula is C58H111NO5. The molecule has 0 aliphatic heterocycles. The van der Waals surface area contributed by atoms with Gasteiger partial charge in [-0.05, 0) is 57.8 Å². The lowest BCUT2D eigenvalue weighted by Gasteiger charge is -2.20. The number of hydrogen-bond donors (Lipinski definition) is 3. The summed E-state index contributed by atoms with van der Waals surface area (Å²) in [6.07, 6.45) is 65.0. The van der Waals surface area contributed by atoms with Crippen molar-refractivity contribution in [3.63, 3.8) is 0 Å². The fourth-order valence-electron chi connectivity index (χ4n) is 8.81. The zero-order valence-electron chi connectivity index (χ0n) is 43.0. The summed E-state index contributed by atoms with van der Waals surface area (Å²) >= 11 is 0. The molecule has 378 valence electrons. The van der Waals surface area contributed by atoms with Gasteiger partial charge in [-0.15, -0.1) is 0 Å². The Morgan fingerprint density at radius 1 is 0.422 bits per heavy atom. The van der Waals surface area contributed by atoms with Crippen molar-refractivity contribution in [2.24, 2.45) is 0 Å². The molecule has 3 N–H and O–H groups in total. The fourth-order valence-corrected chi connectivity index (χ4v) is 8.81. The Balaban J connectivity index is 3.39. The Hall–Kier alpha value is -1.66. The van der Waals surface area contributed by atoms with Gasteiger partial charge in [0.1, 0.15) is 0 Å². The van der Waals surface area contributed by atoms with Crippen molar-refractivity contribution in [1.29, 1.82) is 0 Å². The van der Waals surface area contributed by atoms with E-state index in [1.165, 1.54) is 238 Å². The molecule has 64 heavy (non-hydrogen) atoms. The molecule has 0 radical (unpaired) electrons. The van der Waals surface area contributed by atoms with E-state index in [9.17, 15) is 19.8 Å². The highest BCUT2D eigenvalue weighted by Gasteiger charge is 2.18. The topological polar surface area (TPSA) is 95.9 Å². The summed E-state index contributed by atoms with van der Waals surface area (Å²) in [5, 5.41) is 22.9. The molecule has 0 saturated carbocycles. The van der Waals surface area contributed by atoms with Crippen LogP contribution in [0, 0.1) is 0 Å². The second-order valence-electron chi connectivity index (χ2n) is 19.6. The van der Waals surface area contributed by atoms with Gasteiger partial charge in [0.05, 0.1) is 25.4 Å². The van der Waals surface area contributed by atoms with Gasteiger partial charge in [-0.3, -0.25) is 9.59 Å². The van der Waals surface area contributed by atoms with E-state index in [2.05, 4.69) is 31.3 Å². The minimum absolute atomic E-state index is 0.0113. The molecule has 0 heterocycles. The highest BCUT2D eigenvalue weighted by Crippen LogP contribution is 2.17. The van der Waals surface area contributed by atoms with E-state index < -0.39 is 12.1 Å². The second kappa shape index (κ2) is 54.0. The van der Waals surface area contributed by atoms with Crippen molar-refractivity contribution in [3.05, 3.63) is 24.3 Å². The lowest BCUT2D eigenvalue weighted by atomic mass is 10.0. The van der Waals surface area contributed by atoms with Crippen LogP contribution in [0.2, 0.25) is 0 Å². The maximum Gasteiger partial charge on any atom is 0.305 e. The summed E-state index contributed by atoms with van der Waals surface area (Å²) in [4.78, 5) is 24.4. The molecule has 6 heteroatoms. The number of rotatable bonds is 53. The summed E-state index contributed by atoms with van der Waals surface area (Å²) in [6.45, 7) is 4.88. The van der Waals surface area contributed by atoms with Crippen molar-refractivity contribution in [1.82, 2.24) is 5.32 Å². The summed E-state index contributed by atoms with van der Waals surface area (Å²) in [6, 6.07) is -0.631. The van der Waals surface area contributed by atoms with E-state index in [4.69, 9.17) is 4.74 Å². The third kappa shape index (κ3) is 49.8. The van der Waals surface area contributed by atoms with Gasteiger partial charge in [0.2, 0.25) is 5.91 Å². The van der Waals surface area contributed by atoms with Crippen molar-refractivity contribution in [2.45, 2.75) is 321 Å². The summed E-state index contributed by atoms with van der Waals surface area (Å²) in [5.41, 5.74) is 0. The SMILES string of the molecule is CCCCCCCCC/C=C/C(O)C(CO)NC(=O)CCCCCCCCC/C=C\CCCCCCCCCCCCOC(=O)CCCCCCCCCCCCCCCCCCC. The Bertz CT molecular complexity index is 997. The Morgan fingerprint density at radius 2 is 0.734 bits per heavy atom. The van der Waals surface area contributed by atoms with Gasteiger partial charge < -0.3 is 20.3 Å². The van der Waals surface area contributed by atoms with Gasteiger partial charge in [0, 0.05) is 12.8 Å². The van der Waals surface area contributed by atoms with Gasteiger partial charge in [-0.2, -0.15) is 0 Å². The van der Waals surface area contributed by atoms with Gasteiger partial charge in [-0.25, -0.2) is 0 Å². The average molecular weight is 903 g/mol. The number of ether oxygens (including phenoxy) is 1. The molecule has 0 spiro atoms. The molecule has 0 rings (SSSR count).